The van der Waals surface area contributed by atoms with E-state index in [1.807, 2.05) is 13.8 Å². The van der Waals surface area contributed by atoms with Crippen molar-refractivity contribution in [2.75, 3.05) is 6.54 Å². The first-order valence-corrected chi connectivity index (χ1v) is 7.58. The monoisotopic (exact) mass is 328 g/mol. The molecular weight excluding hydrogens is 311 g/mol. The van der Waals surface area contributed by atoms with Crippen LogP contribution in [-0.2, 0) is 15.0 Å². The van der Waals surface area contributed by atoms with E-state index in [-0.39, 0.29) is 11.8 Å². The van der Waals surface area contributed by atoms with Crippen LogP contribution in [0.5, 0.6) is 0 Å². The molecule has 0 aromatic heterocycles. The van der Waals surface area contributed by atoms with Crippen LogP contribution in [0.15, 0.2) is 18.2 Å². The summed E-state index contributed by atoms with van der Waals surface area (Å²) in [5, 5.41) is 6.68. The molecule has 0 spiro atoms. The zero-order valence-corrected chi connectivity index (χ0v) is 13.5. The average Bonchev–Trinajstić information content (AvgIpc) is 2.82. The van der Waals surface area contributed by atoms with Crippen LogP contribution in [0.3, 0.4) is 0 Å². The largest absolute Gasteiger partial charge is 0.353 e. The van der Waals surface area contributed by atoms with Gasteiger partial charge < -0.3 is 10.6 Å². The maximum Gasteiger partial charge on any atom is 0.242 e. The fourth-order valence-corrected chi connectivity index (χ4v) is 3.38. The summed E-state index contributed by atoms with van der Waals surface area (Å²) in [6.07, 6.45) is 0.940. The molecule has 1 aliphatic rings. The summed E-state index contributed by atoms with van der Waals surface area (Å²) in [5.41, 5.74) is 0.400. The van der Waals surface area contributed by atoms with Gasteiger partial charge in [0.25, 0.3) is 0 Å². The van der Waals surface area contributed by atoms with Crippen LogP contribution in [0.2, 0.25) is 10.0 Å². The van der Waals surface area contributed by atoms with E-state index in [4.69, 9.17) is 23.2 Å². The molecule has 1 atom stereocenters. The number of carbonyl (C=O) groups is 2. The molecule has 0 unspecified atom stereocenters. The predicted octanol–water partition coefficient (Wildman–Crippen LogP) is 2.67. The highest BCUT2D eigenvalue weighted by molar-refractivity contribution is 6.36. The van der Waals surface area contributed by atoms with Gasteiger partial charge in [0.1, 0.15) is 6.04 Å². The van der Waals surface area contributed by atoms with Crippen molar-refractivity contribution in [3.05, 3.63) is 33.8 Å². The second-order valence-corrected chi connectivity index (χ2v) is 6.67. The molecule has 2 N–H and O–H groups in total. The second-order valence-electron chi connectivity index (χ2n) is 5.86. The Kier molecular flexibility index (Phi) is 4.79. The molecule has 1 saturated heterocycles. The molecule has 1 aromatic rings. The smallest absolute Gasteiger partial charge is 0.242 e. The van der Waals surface area contributed by atoms with Crippen LogP contribution in [0, 0.1) is 0 Å². The molecule has 114 valence electrons. The van der Waals surface area contributed by atoms with Crippen LogP contribution >= 0.6 is 23.2 Å². The summed E-state index contributed by atoms with van der Waals surface area (Å²) < 4.78 is 0. The molecule has 0 radical (unpaired) electrons. The Balaban J connectivity index is 2.04. The van der Waals surface area contributed by atoms with Gasteiger partial charge in [-0.05, 0) is 24.1 Å². The third-order valence-electron chi connectivity index (χ3n) is 3.66. The Hall–Kier alpha value is -1.26. The van der Waals surface area contributed by atoms with Gasteiger partial charge >= 0.3 is 0 Å². The molecular formula is C15H18Cl2N2O2. The molecule has 1 heterocycles. The molecule has 0 saturated carbocycles. The number of hydrogen-bond acceptors (Lipinski definition) is 2. The Labute approximate surface area is 134 Å². The van der Waals surface area contributed by atoms with Crippen molar-refractivity contribution in [2.24, 2.45) is 0 Å². The van der Waals surface area contributed by atoms with Crippen molar-refractivity contribution in [3.63, 3.8) is 0 Å². The minimum absolute atomic E-state index is 0.0800. The van der Waals surface area contributed by atoms with Crippen LogP contribution < -0.4 is 10.6 Å². The van der Waals surface area contributed by atoms with E-state index < -0.39 is 11.5 Å². The van der Waals surface area contributed by atoms with Crippen molar-refractivity contribution in [3.8, 4) is 0 Å². The molecule has 21 heavy (non-hydrogen) atoms. The summed E-state index contributed by atoms with van der Waals surface area (Å²) >= 11 is 12.4. The molecule has 4 nitrogen and oxygen atoms in total. The quantitative estimate of drug-likeness (QED) is 0.892. The maximum atomic E-state index is 12.0. The summed E-state index contributed by atoms with van der Waals surface area (Å²) in [6.45, 7) is 4.32. The van der Waals surface area contributed by atoms with Crippen LogP contribution in [0.1, 0.15) is 32.3 Å². The highest BCUT2D eigenvalue weighted by atomic mass is 35.5. The van der Waals surface area contributed by atoms with Crippen molar-refractivity contribution in [2.45, 2.75) is 38.1 Å². The topological polar surface area (TPSA) is 58.2 Å². The van der Waals surface area contributed by atoms with E-state index in [2.05, 4.69) is 10.6 Å². The predicted molar refractivity (Wildman–Crippen MR) is 83.7 cm³/mol. The lowest BCUT2D eigenvalue weighted by atomic mass is 9.84. The van der Waals surface area contributed by atoms with Gasteiger partial charge in [-0.25, -0.2) is 0 Å². The standard InChI is InChI=1S/C15H18Cl2N2O2/c1-15(2,13-9(16)4-3-5-10(13)17)8-18-14(21)11-6-7-12(20)19-11/h3-5,11H,6-8H2,1-2H3,(H,18,21)(H,19,20)/t11-/m1/s1. The number of rotatable bonds is 4. The molecule has 2 rings (SSSR count). The Bertz CT molecular complexity index is 553. The molecule has 2 amide bonds. The van der Waals surface area contributed by atoms with E-state index >= 15 is 0 Å². The van der Waals surface area contributed by atoms with E-state index in [0.29, 0.717) is 29.4 Å². The maximum absolute atomic E-state index is 12.0. The SMILES string of the molecule is CC(C)(CNC(=O)[C@H]1CCC(=O)N1)c1c(Cl)cccc1Cl. The fraction of sp³-hybridized carbons (Fsp3) is 0.467. The number of amides is 2. The third kappa shape index (κ3) is 3.69. The van der Waals surface area contributed by atoms with E-state index in [1.165, 1.54) is 0 Å². The van der Waals surface area contributed by atoms with Crippen molar-refractivity contribution in [1.29, 1.82) is 0 Å². The van der Waals surface area contributed by atoms with Crippen LogP contribution in [-0.4, -0.2) is 24.4 Å². The van der Waals surface area contributed by atoms with Gasteiger partial charge in [0.15, 0.2) is 0 Å². The first-order valence-electron chi connectivity index (χ1n) is 6.83. The highest BCUT2D eigenvalue weighted by Gasteiger charge is 2.30. The number of halogens is 2. The number of nitrogens with one attached hydrogen (secondary N) is 2. The zero-order chi connectivity index (χ0) is 15.6. The zero-order valence-electron chi connectivity index (χ0n) is 12.0. The van der Waals surface area contributed by atoms with Gasteiger partial charge in [0.2, 0.25) is 11.8 Å². The number of hydrogen-bond donors (Lipinski definition) is 2. The lowest BCUT2D eigenvalue weighted by molar-refractivity contribution is -0.125. The van der Waals surface area contributed by atoms with Gasteiger partial charge in [-0.2, -0.15) is 0 Å². The van der Waals surface area contributed by atoms with Gasteiger partial charge in [0.05, 0.1) is 0 Å². The minimum Gasteiger partial charge on any atom is -0.353 e. The lowest BCUT2D eigenvalue weighted by Gasteiger charge is -2.28. The lowest BCUT2D eigenvalue weighted by Crippen LogP contribution is -2.45. The van der Waals surface area contributed by atoms with Gasteiger partial charge in [0, 0.05) is 28.4 Å². The second kappa shape index (κ2) is 6.24. The van der Waals surface area contributed by atoms with E-state index in [0.717, 1.165) is 5.56 Å². The van der Waals surface area contributed by atoms with Crippen molar-refractivity contribution in [1.82, 2.24) is 10.6 Å². The van der Waals surface area contributed by atoms with Crippen LogP contribution in [0.25, 0.3) is 0 Å². The molecule has 1 fully saturated rings. The van der Waals surface area contributed by atoms with E-state index in [9.17, 15) is 9.59 Å². The summed E-state index contributed by atoms with van der Waals surface area (Å²) in [6, 6.07) is 4.92. The Morgan fingerprint density at radius 1 is 1.38 bits per heavy atom. The van der Waals surface area contributed by atoms with Gasteiger partial charge in [-0.1, -0.05) is 43.1 Å². The molecule has 1 aromatic carbocycles. The molecule has 0 bridgehead atoms. The van der Waals surface area contributed by atoms with Gasteiger partial charge in [-0.15, -0.1) is 0 Å². The molecule has 6 heteroatoms. The Morgan fingerprint density at radius 3 is 2.52 bits per heavy atom. The first kappa shape index (κ1) is 16.1. The fourth-order valence-electron chi connectivity index (χ4n) is 2.47. The third-order valence-corrected chi connectivity index (χ3v) is 4.29. The number of benzene rings is 1. The van der Waals surface area contributed by atoms with Gasteiger partial charge in [-0.3, -0.25) is 9.59 Å². The summed E-state index contributed by atoms with van der Waals surface area (Å²) in [7, 11) is 0. The van der Waals surface area contributed by atoms with E-state index in [1.54, 1.807) is 18.2 Å². The molecule has 1 aliphatic heterocycles. The summed E-state index contributed by atoms with van der Waals surface area (Å²) in [5.74, 6) is -0.249. The number of carbonyl (C=O) groups excluding carboxylic acids is 2. The molecule has 0 aliphatic carbocycles. The van der Waals surface area contributed by atoms with Crippen molar-refractivity contribution < 1.29 is 9.59 Å². The minimum atomic E-state index is -0.435. The summed E-state index contributed by atoms with van der Waals surface area (Å²) in [4.78, 5) is 23.2. The normalized spacial score (nSPS) is 18.5. The highest BCUT2D eigenvalue weighted by Crippen LogP contribution is 2.35. The Morgan fingerprint density at radius 2 is 2.00 bits per heavy atom. The first-order chi connectivity index (χ1) is 9.81. The van der Waals surface area contributed by atoms with Crippen LogP contribution in [0.4, 0.5) is 0 Å². The average molecular weight is 329 g/mol. The van der Waals surface area contributed by atoms with Crippen molar-refractivity contribution >= 4 is 35.0 Å².